The Morgan fingerprint density at radius 2 is 1.87 bits per heavy atom. The van der Waals surface area contributed by atoms with Gasteiger partial charge in [-0.25, -0.2) is 4.79 Å². The number of nitrogens with zero attached hydrogens (tertiary/aromatic N) is 1. The Hall–Kier alpha value is -2.01. The van der Waals surface area contributed by atoms with Crippen LogP contribution in [0, 0.1) is 0 Å². The van der Waals surface area contributed by atoms with E-state index in [1.807, 2.05) is 53.4 Å². The van der Waals surface area contributed by atoms with Crippen LogP contribution in [0.2, 0.25) is 0 Å². The number of carbonyl (C=O) groups is 1. The van der Waals surface area contributed by atoms with E-state index in [0.717, 1.165) is 40.9 Å². The normalized spacial score (nSPS) is 17.1. The summed E-state index contributed by atoms with van der Waals surface area (Å²) < 4.78 is 6.19. The molecule has 1 fully saturated rings. The Morgan fingerprint density at radius 1 is 1.17 bits per heavy atom. The maximum absolute atomic E-state index is 12.6. The highest BCUT2D eigenvalue weighted by Gasteiger charge is 2.29. The topological polar surface area (TPSA) is 41.6 Å². The van der Waals surface area contributed by atoms with Gasteiger partial charge in [-0.2, -0.15) is 0 Å². The number of benzene rings is 2. The van der Waals surface area contributed by atoms with Crippen LogP contribution in [0.4, 0.5) is 10.5 Å². The molecule has 1 heterocycles. The van der Waals surface area contributed by atoms with Gasteiger partial charge in [-0.05, 0) is 54.8 Å². The Bertz CT molecular complexity index is 670. The van der Waals surface area contributed by atoms with Gasteiger partial charge in [0.05, 0.1) is 13.2 Å². The molecule has 1 atom stereocenters. The number of carbonyl (C=O) groups excluding carboxylic acids is 1. The molecule has 2 aromatic carbocycles. The molecular formula is C18H19BrN2O2. The number of ether oxygens (including phenoxy) is 1. The fourth-order valence-electron chi connectivity index (χ4n) is 2.91. The highest BCUT2D eigenvalue weighted by molar-refractivity contribution is 9.10. The molecule has 23 heavy (non-hydrogen) atoms. The number of urea groups is 1. The summed E-state index contributed by atoms with van der Waals surface area (Å²) >= 11 is 3.40. The number of halogens is 1. The number of rotatable bonds is 3. The Kier molecular flexibility index (Phi) is 4.86. The Morgan fingerprint density at radius 3 is 2.52 bits per heavy atom. The van der Waals surface area contributed by atoms with Crippen molar-refractivity contribution < 1.29 is 9.53 Å². The Balaban J connectivity index is 1.72. The largest absolute Gasteiger partial charge is 0.497 e. The predicted octanol–water partition coefficient (Wildman–Crippen LogP) is 4.83. The molecule has 2 aromatic rings. The number of nitrogens with one attached hydrogen (secondary N) is 1. The third kappa shape index (κ3) is 3.67. The van der Waals surface area contributed by atoms with E-state index in [0.29, 0.717) is 0 Å². The molecule has 0 aromatic heterocycles. The van der Waals surface area contributed by atoms with E-state index in [-0.39, 0.29) is 12.1 Å². The van der Waals surface area contributed by atoms with Gasteiger partial charge >= 0.3 is 6.03 Å². The van der Waals surface area contributed by atoms with E-state index in [1.54, 1.807) is 7.11 Å². The van der Waals surface area contributed by atoms with Gasteiger partial charge < -0.3 is 15.0 Å². The second-order valence-electron chi connectivity index (χ2n) is 5.56. The van der Waals surface area contributed by atoms with Gasteiger partial charge in [0.25, 0.3) is 0 Å². The smallest absolute Gasteiger partial charge is 0.322 e. The molecule has 0 spiro atoms. The number of hydrogen-bond donors (Lipinski definition) is 1. The minimum atomic E-state index is -0.0503. The minimum Gasteiger partial charge on any atom is -0.497 e. The third-order valence-corrected chi connectivity index (χ3v) is 4.64. The molecule has 120 valence electrons. The monoisotopic (exact) mass is 374 g/mol. The van der Waals surface area contributed by atoms with Crippen LogP contribution >= 0.6 is 15.9 Å². The molecular weight excluding hydrogens is 356 g/mol. The summed E-state index contributed by atoms with van der Waals surface area (Å²) in [6.07, 6.45) is 2.00. The molecule has 2 amide bonds. The number of anilines is 1. The molecule has 1 aliphatic heterocycles. The molecule has 4 nitrogen and oxygen atoms in total. The maximum Gasteiger partial charge on any atom is 0.322 e. The number of hydrogen-bond acceptors (Lipinski definition) is 2. The molecule has 5 heteroatoms. The molecule has 1 aliphatic rings. The molecule has 0 saturated carbocycles. The summed E-state index contributed by atoms with van der Waals surface area (Å²) in [4.78, 5) is 14.5. The zero-order valence-electron chi connectivity index (χ0n) is 13.0. The van der Waals surface area contributed by atoms with Crippen LogP contribution in [0.3, 0.4) is 0 Å². The van der Waals surface area contributed by atoms with E-state index >= 15 is 0 Å². The first-order valence-electron chi connectivity index (χ1n) is 7.64. The summed E-state index contributed by atoms with van der Waals surface area (Å²) in [6.45, 7) is 0.777. The highest BCUT2D eigenvalue weighted by Crippen LogP contribution is 2.33. The van der Waals surface area contributed by atoms with Gasteiger partial charge in [-0.3, -0.25) is 0 Å². The zero-order valence-corrected chi connectivity index (χ0v) is 14.5. The molecule has 0 radical (unpaired) electrons. The van der Waals surface area contributed by atoms with Crippen molar-refractivity contribution in [1.29, 1.82) is 0 Å². The van der Waals surface area contributed by atoms with Crippen LogP contribution in [-0.2, 0) is 0 Å². The SMILES string of the molecule is COc1ccc([C@@H]2CCCN2C(=O)Nc2ccc(Br)cc2)cc1. The van der Waals surface area contributed by atoms with Crippen LogP contribution in [0.5, 0.6) is 5.75 Å². The molecule has 1 saturated heterocycles. The summed E-state index contributed by atoms with van der Waals surface area (Å²) in [5, 5.41) is 2.97. The fraction of sp³-hybridized carbons (Fsp3) is 0.278. The van der Waals surface area contributed by atoms with Crippen LogP contribution in [0.1, 0.15) is 24.4 Å². The van der Waals surface area contributed by atoms with Crippen molar-refractivity contribution in [3.63, 3.8) is 0 Å². The van der Waals surface area contributed by atoms with E-state index in [4.69, 9.17) is 4.74 Å². The number of amides is 2. The van der Waals surface area contributed by atoms with Crippen molar-refractivity contribution in [2.75, 3.05) is 19.0 Å². The second-order valence-corrected chi connectivity index (χ2v) is 6.48. The lowest BCUT2D eigenvalue weighted by Crippen LogP contribution is -2.34. The van der Waals surface area contributed by atoms with E-state index in [2.05, 4.69) is 21.2 Å². The number of likely N-dealkylation sites (tertiary alicyclic amines) is 1. The third-order valence-electron chi connectivity index (χ3n) is 4.11. The predicted molar refractivity (Wildman–Crippen MR) is 94.8 cm³/mol. The standard InChI is InChI=1S/C18H19BrN2O2/c1-23-16-10-4-13(5-11-16)17-3-2-12-21(17)18(22)20-15-8-6-14(19)7-9-15/h4-11,17H,2-3,12H2,1H3,(H,20,22)/t17-/m0/s1. The average Bonchev–Trinajstić information content (AvgIpc) is 3.07. The van der Waals surface area contributed by atoms with Crippen LogP contribution in [-0.4, -0.2) is 24.6 Å². The lowest BCUT2D eigenvalue weighted by Gasteiger charge is -2.25. The molecule has 0 aliphatic carbocycles. The summed E-state index contributed by atoms with van der Waals surface area (Å²) in [7, 11) is 1.66. The first-order chi connectivity index (χ1) is 11.2. The average molecular weight is 375 g/mol. The van der Waals surface area contributed by atoms with Gasteiger partial charge in [0.15, 0.2) is 0 Å². The lowest BCUT2D eigenvalue weighted by molar-refractivity contribution is 0.207. The van der Waals surface area contributed by atoms with E-state index < -0.39 is 0 Å². The van der Waals surface area contributed by atoms with Gasteiger partial charge in [-0.15, -0.1) is 0 Å². The molecule has 1 N–H and O–H groups in total. The van der Waals surface area contributed by atoms with Crippen molar-refractivity contribution in [1.82, 2.24) is 4.90 Å². The van der Waals surface area contributed by atoms with Gasteiger partial charge in [0.2, 0.25) is 0 Å². The first-order valence-corrected chi connectivity index (χ1v) is 8.44. The van der Waals surface area contributed by atoms with Crippen molar-refractivity contribution in [2.45, 2.75) is 18.9 Å². The van der Waals surface area contributed by atoms with Crippen molar-refractivity contribution in [3.05, 3.63) is 58.6 Å². The van der Waals surface area contributed by atoms with Crippen LogP contribution < -0.4 is 10.1 Å². The number of methoxy groups -OCH3 is 1. The molecule has 0 bridgehead atoms. The van der Waals surface area contributed by atoms with E-state index in [9.17, 15) is 4.79 Å². The van der Waals surface area contributed by atoms with Gasteiger partial charge in [-0.1, -0.05) is 28.1 Å². The van der Waals surface area contributed by atoms with Gasteiger partial charge in [0.1, 0.15) is 5.75 Å². The minimum absolute atomic E-state index is 0.0503. The van der Waals surface area contributed by atoms with Crippen molar-refractivity contribution in [2.24, 2.45) is 0 Å². The maximum atomic E-state index is 12.6. The molecule has 0 unspecified atom stereocenters. The van der Waals surface area contributed by atoms with Crippen LogP contribution in [0.15, 0.2) is 53.0 Å². The van der Waals surface area contributed by atoms with Crippen LogP contribution in [0.25, 0.3) is 0 Å². The highest BCUT2D eigenvalue weighted by atomic mass is 79.9. The zero-order chi connectivity index (χ0) is 16.2. The summed E-state index contributed by atoms with van der Waals surface area (Å²) in [5.41, 5.74) is 1.95. The lowest BCUT2D eigenvalue weighted by atomic mass is 10.0. The Labute approximate surface area is 144 Å². The van der Waals surface area contributed by atoms with Gasteiger partial charge in [0, 0.05) is 16.7 Å². The fourth-order valence-corrected chi connectivity index (χ4v) is 3.18. The first kappa shape index (κ1) is 15.9. The van der Waals surface area contributed by atoms with E-state index in [1.165, 1.54) is 0 Å². The second kappa shape index (κ2) is 7.04. The quantitative estimate of drug-likeness (QED) is 0.835. The summed E-state index contributed by atoms with van der Waals surface area (Å²) in [5.74, 6) is 0.831. The van der Waals surface area contributed by atoms with Crippen molar-refractivity contribution >= 4 is 27.6 Å². The summed E-state index contributed by atoms with van der Waals surface area (Å²) in [6, 6.07) is 15.6. The van der Waals surface area contributed by atoms with Crippen molar-refractivity contribution in [3.8, 4) is 5.75 Å². The molecule has 3 rings (SSSR count).